The van der Waals surface area contributed by atoms with Crippen LogP contribution in [0.1, 0.15) is 109 Å². The van der Waals surface area contributed by atoms with E-state index in [0.717, 1.165) is 42.8 Å². The van der Waals surface area contributed by atoms with Crippen LogP contribution in [-0.2, 0) is 13.5 Å². The molecule has 0 aromatic heterocycles. The first-order valence-corrected chi connectivity index (χ1v) is 22.0. The fourth-order valence-electron chi connectivity index (χ4n) is 6.41. The van der Waals surface area contributed by atoms with Crippen molar-refractivity contribution in [2.24, 2.45) is 0 Å². The maximum absolute atomic E-state index is 12.4. The molecule has 0 radical (unpaired) electrons. The number of aliphatic hydroxyl groups is 1. The van der Waals surface area contributed by atoms with E-state index in [1.165, 1.54) is 64.0 Å². The van der Waals surface area contributed by atoms with E-state index in [4.69, 9.17) is 19.4 Å². The number of rotatable bonds is 12. The van der Waals surface area contributed by atoms with Gasteiger partial charge in [-0.25, -0.2) is 0 Å². The van der Waals surface area contributed by atoms with E-state index in [9.17, 15) is 4.79 Å². The molecule has 0 atom stereocenters. The molecule has 1 fully saturated rings. The van der Waals surface area contributed by atoms with Crippen LogP contribution in [0.25, 0.3) is 0 Å². The summed E-state index contributed by atoms with van der Waals surface area (Å²) < 4.78 is 6.44. The van der Waals surface area contributed by atoms with Gasteiger partial charge in [-0.1, -0.05) is 35.4 Å². The van der Waals surface area contributed by atoms with Crippen LogP contribution < -0.4 is 9.80 Å². The van der Waals surface area contributed by atoms with Crippen molar-refractivity contribution in [3.63, 3.8) is 0 Å². The van der Waals surface area contributed by atoms with E-state index in [0.29, 0.717) is 6.42 Å². The molecule has 1 heterocycles. The van der Waals surface area contributed by atoms with E-state index >= 15 is 0 Å². The quantitative estimate of drug-likeness (QED) is 0.0607. The van der Waals surface area contributed by atoms with Crippen LogP contribution >= 0.6 is 19.4 Å². The van der Waals surface area contributed by atoms with Crippen molar-refractivity contribution in [1.82, 2.24) is 0 Å². The molecule has 0 spiro atoms. The summed E-state index contributed by atoms with van der Waals surface area (Å²) in [6.07, 6.45) is 6.55. The Hall–Kier alpha value is -2.20. The van der Waals surface area contributed by atoms with E-state index in [1.54, 1.807) is 0 Å². The number of halogens is 2. The normalized spacial score (nSPS) is 13.1. The van der Waals surface area contributed by atoms with Crippen LogP contribution in [0.15, 0.2) is 42.5 Å². The van der Waals surface area contributed by atoms with Gasteiger partial charge in [0.25, 0.3) is 0 Å². The summed E-state index contributed by atoms with van der Waals surface area (Å²) >= 11 is -1.95. The molecule has 0 amide bonds. The zero-order valence-electron chi connectivity index (χ0n) is 29.3. The van der Waals surface area contributed by atoms with Gasteiger partial charge in [0.05, 0.1) is 0 Å². The first kappa shape index (κ1) is 38.3. The van der Waals surface area contributed by atoms with Gasteiger partial charge in [-0.05, 0) is 63.8 Å². The number of hydrogen-bond acceptors (Lipinski definition) is 3. The van der Waals surface area contributed by atoms with E-state index in [2.05, 4.69) is 93.9 Å². The summed E-state index contributed by atoms with van der Waals surface area (Å²) in [4.78, 5) is 17.2. The van der Waals surface area contributed by atoms with Crippen LogP contribution in [-0.4, -0.2) is 34.3 Å². The van der Waals surface area contributed by atoms with Crippen LogP contribution in [0.4, 0.5) is 11.4 Å². The van der Waals surface area contributed by atoms with Crippen molar-refractivity contribution >= 4 is 41.1 Å². The minimum atomic E-state index is -1.95. The average Bonchev–Trinajstić information content (AvgIpc) is 3.41. The maximum Gasteiger partial charge on any atom is 0.0146 e. The summed E-state index contributed by atoms with van der Waals surface area (Å²) in [6, 6.07) is 14.8. The molecule has 3 aromatic carbocycles. The number of carbonyl (C=O) groups is 1. The number of anilines is 2. The van der Waals surface area contributed by atoms with Crippen molar-refractivity contribution in [3.8, 4) is 5.75 Å². The Kier molecular flexibility index (Phi) is 15.3. The van der Waals surface area contributed by atoms with E-state index < -0.39 is 13.5 Å². The second kappa shape index (κ2) is 18.4. The Balaban J connectivity index is 0.000000250. The summed E-state index contributed by atoms with van der Waals surface area (Å²) in [5, 5.41) is 0. The van der Waals surface area contributed by atoms with E-state index in [-0.39, 0.29) is 11.9 Å². The molecule has 254 valence electrons. The van der Waals surface area contributed by atoms with Gasteiger partial charge in [0, 0.05) is 24.5 Å². The number of benzene rings is 3. The summed E-state index contributed by atoms with van der Waals surface area (Å²) in [7, 11) is 12.0. The van der Waals surface area contributed by atoms with Gasteiger partial charge >= 0.3 is 153 Å². The number of ketones is 1. The number of unbranched alkanes of at least 4 members (excludes halogenated alkanes) is 4. The van der Waals surface area contributed by atoms with Crippen molar-refractivity contribution in [2.45, 2.75) is 107 Å². The Morgan fingerprint density at radius 1 is 0.826 bits per heavy atom. The largest absolute Gasteiger partial charge is 0.502 e. The van der Waals surface area contributed by atoms with Gasteiger partial charge in [0.15, 0.2) is 0 Å². The zero-order valence-corrected chi connectivity index (χ0v) is 32.5. The predicted octanol–water partition coefficient (Wildman–Crippen LogP) is 10.9. The summed E-state index contributed by atoms with van der Waals surface area (Å²) in [5.41, 5.74) is 12.5. The predicted molar refractivity (Wildman–Crippen MR) is 198 cm³/mol. The molecule has 4 rings (SSSR count). The van der Waals surface area contributed by atoms with Crippen LogP contribution in [0.5, 0.6) is 5.75 Å². The third kappa shape index (κ3) is 11.2. The molecule has 0 saturated carbocycles. The molecule has 4 nitrogen and oxygen atoms in total. The Morgan fingerprint density at radius 3 is 1.78 bits per heavy atom. The van der Waals surface area contributed by atoms with Crippen LogP contribution in [0.2, 0.25) is 0 Å². The minimum absolute atomic E-state index is 0.188. The zero-order chi connectivity index (χ0) is 34.0. The van der Waals surface area contributed by atoms with Gasteiger partial charge < -0.3 is 9.80 Å². The minimum Gasteiger partial charge on any atom is -0.502 e. The molecule has 1 N–H and O–H groups in total. The monoisotopic (exact) mass is 754 g/mol. The number of aromatic hydroxyl groups is 1. The SMILES string of the molecule is CCCCCCCC(=O)c1ccc([OH+]C(C)C)c([CH]=[Ru]([Cl])[Cl])c1.Cc1cc(C)c(N2[CH-]N(c3c(C)cc(C)cc3C)CC2)c(C)c1. The number of nitrogens with zero attached hydrogens (tertiary/aromatic N) is 2. The van der Waals surface area contributed by atoms with Crippen molar-refractivity contribution in [1.29, 1.82) is 0 Å². The molecule has 0 unspecified atom stereocenters. The number of aryl methyl sites for hydroxylation is 6. The van der Waals surface area contributed by atoms with Gasteiger partial charge in [0.2, 0.25) is 0 Å². The second-order valence-electron chi connectivity index (χ2n) is 12.9. The first-order chi connectivity index (χ1) is 21.8. The van der Waals surface area contributed by atoms with Crippen LogP contribution in [0.3, 0.4) is 0 Å². The molecule has 0 bridgehead atoms. The molecule has 0 aliphatic carbocycles. The van der Waals surface area contributed by atoms with Crippen molar-refractivity contribution < 1.29 is 23.0 Å². The number of hydrogen-bond donors (Lipinski definition) is 0. The van der Waals surface area contributed by atoms with Gasteiger partial charge in [0.1, 0.15) is 0 Å². The molecule has 3 aromatic rings. The summed E-state index contributed by atoms with van der Waals surface area (Å²) in [6.45, 7) is 23.8. The molecular formula is C39H54Cl2N2O2Ru. The molecule has 46 heavy (non-hydrogen) atoms. The molecule has 7 heteroatoms. The molecular weight excluding hydrogens is 700 g/mol. The van der Waals surface area contributed by atoms with Gasteiger partial charge in [-0.2, -0.15) is 6.67 Å². The summed E-state index contributed by atoms with van der Waals surface area (Å²) in [5.74, 6) is 1.05. The maximum atomic E-state index is 12.4. The third-order valence-corrected chi connectivity index (χ3v) is 9.98. The van der Waals surface area contributed by atoms with Gasteiger partial charge in [-0.3, -0.25) is 0 Å². The standard InChI is InChI=1S/C21H27N2.C18H26O2.2ClH.Ru/c1-14-9-16(3)20(17(4)10-14)22-7-8-23(13-22)21-18(5)11-15(2)12-19(21)6;1-5-6-7-8-9-10-17(19)16-11-12-18(15(4)13-16)20-14(2)3;;;/h9-13H,7-8H2,1-6H3;4,11-14H,5-10H2,1-3H3;2*1H;/q-1;;;;+2/p-1. The number of Topliss-reactive ketones (excluding diaryl/α,β-unsaturated/α-hetero) is 1. The molecule has 1 aliphatic rings. The van der Waals surface area contributed by atoms with Crippen LogP contribution in [0, 0.1) is 48.2 Å². The fraction of sp³-hybridized carbons (Fsp3) is 0.462. The molecule has 1 aliphatic heterocycles. The van der Waals surface area contributed by atoms with Crippen molar-refractivity contribution in [3.05, 3.63) is 93.6 Å². The number of carbonyl (C=O) groups excluding carboxylic acids is 1. The Labute approximate surface area is 291 Å². The van der Waals surface area contributed by atoms with Gasteiger partial charge in [-0.15, -0.1) is 0 Å². The van der Waals surface area contributed by atoms with Crippen molar-refractivity contribution in [2.75, 3.05) is 22.9 Å². The first-order valence-electron chi connectivity index (χ1n) is 16.6. The smallest absolute Gasteiger partial charge is 0.0146 e. The fourth-order valence-corrected chi connectivity index (χ4v) is 8.21. The van der Waals surface area contributed by atoms with E-state index in [1.807, 2.05) is 36.7 Å². The topological polar surface area (TPSA) is 36.4 Å². The molecule has 1 saturated heterocycles. The Morgan fingerprint density at radius 2 is 1.33 bits per heavy atom. The number of ether oxygens (including phenoxy) is 1. The second-order valence-corrected chi connectivity index (χ2v) is 18.6. The Bertz CT molecular complexity index is 1400. The average molecular weight is 755 g/mol. The third-order valence-electron chi connectivity index (χ3n) is 8.15.